The lowest BCUT2D eigenvalue weighted by molar-refractivity contribution is -0.133. The van der Waals surface area contributed by atoms with Crippen molar-refractivity contribution in [1.82, 2.24) is 9.80 Å². The van der Waals surface area contributed by atoms with Crippen molar-refractivity contribution in [3.8, 4) is 0 Å². The minimum atomic E-state index is 0.297. The van der Waals surface area contributed by atoms with Crippen LogP contribution in [0.5, 0.6) is 0 Å². The van der Waals surface area contributed by atoms with Crippen molar-refractivity contribution >= 4 is 17.7 Å². The lowest BCUT2D eigenvalue weighted by Gasteiger charge is -2.35. The lowest BCUT2D eigenvalue weighted by atomic mass is 10.2. The number of hydrogen-bond acceptors (Lipinski definition) is 4. The van der Waals surface area contributed by atoms with Crippen LogP contribution in [0.1, 0.15) is 19.3 Å². The Bertz CT molecular complexity index is 319. The molecule has 2 aliphatic heterocycles. The van der Waals surface area contributed by atoms with Gasteiger partial charge in [0.1, 0.15) is 0 Å². The maximum atomic E-state index is 12.4. The Hall–Kier alpha value is -0.520. The maximum Gasteiger partial charge on any atom is 0.223 e. The molecule has 0 spiro atoms. The van der Waals surface area contributed by atoms with Gasteiger partial charge >= 0.3 is 0 Å². The van der Waals surface area contributed by atoms with Crippen molar-refractivity contribution < 1.29 is 9.53 Å². The average molecular weight is 298 g/mol. The van der Waals surface area contributed by atoms with Crippen LogP contribution in [0.2, 0.25) is 0 Å². The number of allylic oxidation sites excluding steroid dienone is 1. The van der Waals surface area contributed by atoms with E-state index < -0.39 is 0 Å². The third-order valence-electron chi connectivity index (χ3n) is 3.89. The molecule has 0 N–H and O–H groups in total. The first-order chi connectivity index (χ1) is 9.81. The van der Waals surface area contributed by atoms with Crippen molar-refractivity contribution in [3.05, 3.63) is 12.7 Å². The van der Waals surface area contributed by atoms with Crippen LogP contribution in [0.25, 0.3) is 0 Å². The van der Waals surface area contributed by atoms with Crippen LogP contribution in [-0.2, 0) is 9.53 Å². The van der Waals surface area contributed by atoms with Crippen LogP contribution < -0.4 is 0 Å². The molecule has 5 heteroatoms. The summed E-state index contributed by atoms with van der Waals surface area (Å²) in [4.78, 5) is 16.9. The van der Waals surface area contributed by atoms with Crippen LogP contribution in [0.4, 0.5) is 0 Å². The third-order valence-corrected chi connectivity index (χ3v) is 5.09. The highest BCUT2D eigenvalue weighted by Crippen LogP contribution is 2.19. The van der Waals surface area contributed by atoms with Crippen LogP contribution in [0.15, 0.2) is 12.7 Å². The van der Waals surface area contributed by atoms with Crippen molar-refractivity contribution in [2.24, 2.45) is 0 Å². The SMILES string of the molecule is C=CCCC(=O)N1CCCSCC1CN1CCOCC1. The Labute approximate surface area is 126 Å². The Kier molecular flexibility index (Phi) is 6.90. The third kappa shape index (κ3) is 4.79. The summed E-state index contributed by atoms with van der Waals surface area (Å²) < 4.78 is 5.40. The van der Waals surface area contributed by atoms with Gasteiger partial charge in [0.15, 0.2) is 0 Å². The summed E-state index contributed by atoms with van der Waals surface area (Å²) in [6, 6.07) is 0.359. The summed E-state index contributed by atoms with van der Waals surface area (Å²) in [5.41, 5.74) is 0. The molecule has 114 valence electrons. The second-order valence-corrected chi connectivity index (χ2v) is 6.56. The maximum absolute atomic E-state index is 12.4. The highest BCUT2D eigenvalue weighted by molar-refractivity contribution is 7.99. The van der Waals surface area contributed by atoms with Gasteiger partial charge in [-0.05, 0) is 18.6 Å². The minimum Gasteiger partial charge on any atom is -0.379 e. The van der Waals surface area contributed by atoms with Gasteiger partial charge in [0, 0.05) is 38.4 Å². The van der Waals surface area contributed by atoms with Crippen molar-refractivity contribution in [2.75, 3.05) is 50.9 Å². The van der Waals surface area contributed by atoms with Gasteiger partial charge in [-0.15, -0.1) is 6.58 Å². The quantitative estimate of drug-likeness (QED) is 0.722. The zero-order valence-corrected chi connectivity index (χ0v) is 13.1. The number of morpholine rings is 1. The van der Waals surface area contributed by atoms with Crippen LogP contribution >= 0.6 is 11.8 Å². The normalized spacial score (nSPS) is 25.2. The number of thioether (sulfide) groups is 1. The number of nitrogens with zero attached hydrogens (tertiary/aromatic N) is 2. The number of ether oxygens (including phenoxy) is 1. The van der Waals surface area contributed by atoms with Gasteiger partial charge in [0.2, 0.25) is 5.91 Å². The summed E-state index contributed by atoms with van der Waals surface area (Å²) >= 11 is 1.99. The number of hydrogen-bond donors (Lipinski definition) is 0. The molecule has 0 radical (unpaired) electrons. The van der Waals surface area contributed by atoms with E-state index in [9.17, 15) is 4.79 Å². The molecule has 0 aliphatic carbocycles. The zero-order chi connectivity index (χ0) is 14.2. The molecule has 4 nitrogen and oxygen atoms in total. The molecule has 0 aromatic carbocycles. The van der Waals surface area contributed by atoms with Crippen molar-refractivity contribution in [3.63, 3.8) is 0 Å². The zero-order valence-electron chi connectivity index (χ0n) is 12.3. The molecule has 0 bridgehead atoms. The molecular formula is C15H26N2O2S. The molecule has 2 aliphatic rings. The fraction of sp³-hybridized carbons (Fsp3) is 0.800. The number of carbonyl (C=O) groups excluding carboxylic acids is 1. The molecule has 1 unspecified atom stereocenters. The summed E-state index contributed by atoms with van der Waals surface area (Å²) in [6.45, 7) is 9.26. The van der Waals surface area contributed by atoms with E-state index in [-0.39, 0.29) is 0 Å². The van der Waals surface area contributed by atoms with Gasteiger partial charge in [0.25, 0.3) is 0 Å². The molecular weight excluding hydrogens is 272 g/mol. The fourth-order valence-electron chi connectivity index (χ4n) is 2.76. The molecule has 2 rings (SSSR count). The molecule has 1 atom stereocenters. The van der Waals surface area contributed by atoms with E-state index in [1.807, 2.05) is 17.8 Å². The van der Waals surface area contributed by atoms with E-state index in [1.165, 1.54) is 5.75 Å². The molecule has 0 aromatic rings. The summed E-state index contributed by atoms with van der Waals surface area (Å²) in [5.74, 6) is 2.54. The van der Waals surface area contributed by atoms with Gasteiger partial charge in [-0.25, -0.2) is 0 Å². The molecule has 0 aromatic heterocycles. The predicted octanol–water partition coefficient (Wildman–Crippen LogP) is 1.62. The van der Waals surface area contributed by atoms with Crippen LogP contribution in [0, 0.1) is 0 Å². The summed E-state index contributed by atoms with van der Waals surface area (Å²) in [5, 5.41) is 0. The Balaban J connectivity index is 1.92. The first-order valence-electron chi connectivity index (χ1n) is 7.59. The van der Waals surface area contributed by atoms with Crippen molar-refractivity contribution in [2.45, 2.75) is 25.3 Å². The number of rotatable bonds is 5. The van der Waals surface area contributed by atoms with E-state index in [0.29, 0.717) is 18.4 Å². The summed E-state index contributed by atoms with van der Waals surface area (Å²) in [7, 11) is 0. The van der Waals surface area contributed by atoms with E-state index in [2.05, 4.69) is 16.4 Å². The van der Waals surface area contributed by atoms with Crippen LogP contribution in [-0.4, -0.2) is 72.6 Å². The Morgan fingerprint density at radius 1 is 1.35 bits per heavy atom. The number of amides is 1. The predicted molar refractivity (Wildman–Crippen MR) is 84.1 cm³/mol. The first-order valence-corrected chi connectivity index (χ1v) is 8.75. The van der Waals surface area contributed by atoms with Crippen LogP contribution in [0.3, 0.4) is 0 Å². The molecule has 2 saturated heterocycles. The van der Waals surface area contributed by atoms with Gasteiger partial charge in [-0.1, -0.05) is 6.08 Å². The highest BCUT2D eigenvalue weighted by atomic mass is 32.2. The van der Waals surface area contributed by atoms with E-state index >= 15 is 0 Å². The second-order valence-electron chi connectivity index (χ2n) is 5.41. The van der Waals surface area contributed by atoms with E-state index in [4.69, 9.17) is 4.74 Å². The fourth-order valence-corrected chi connectivity index (χ4v) is 3.82. The van der Waals surface area contributed by atoms with Gasteiger partial charge in [-0.2, -0.15) is 11.8 Å². The standard InChI is InChI=1S/C15H26N2O2S/c1-2-3-5-15(18)17-6-4-11-20-13-14(17)12-16-7-9-19-10-8-16/h2,14H,1,3-13H2. The van der Waals surface area contributed by atoms with Gasteiger partial charge < -0.3 is 9.64 Å². The van der Waals surface area contributed by atoms with Gasteiger partial charge in [-0.3, -0.25) is 9.69 Å². The molecule has 2 fully saturated rings. The topological polar surface area (TPSA) is 32.8 Å². The average Bonchev–Trinajstić information content (AvgIpc) is 2.71. The number of carbonyl (C=O) groups is 1. The molecule has 1 amide bonds. The molecule has 0 saturated carbocycles. The lowest BCUT2D eigenvalue weighted by Crippen LogP contribution is -2.50. The van der Waals surface area contributed by atoms with Crippen molar-refractivity contribution in [1.29, 1.82) is 0 Å². The Morgan fingerprint density at radius 3 is 2.90 bits per heavy atom. The largest absolute Gasteiger partial charge is 0.379 e. The summed E-state index contributed by atoms with van der Waals surface area (Å²) in [6.07, 6.45) is 4.34. The monoisotopic (exact) mass is 298 g/mol. The minimum absolute atomic E-state index is 0.297. The van der Waals surface area contributed by atoms with E-state index in [0.717, 1.165) is 58.0 Å². The molecule has 2 heterocycles. The van der Waals surface area contributed by atoms with E-state index in [1.54, 1.807) is 0 Å². The first kappa shape index (κ1) is 15.9. The second kappa shape index (κ2) is 8.70. The highest BCUT2D eigenvalue weighted by Gasteiger charge is 2.27. The molecule has 20 heavy (non-hydrogen) atoms. The van der Waals surface area contributed by atoms with Gasteiger partial charge in [0.05, 0.1) is 19.3 Å². The Morgan fingerprint density at radius 2 is 2.15 bits per heavy atom. The smallest absolute Gasteiger partial charge is 0.223 e.